The molecule has 2 unspecified atom stereocenters. The van der Waals surface area contributed by atoms with Crippen LogP contribution in [0.3, 0.4) is 0 Å². The van der Waals surface area contributed by atoms with Crippen LogP contribution in [0.2, 0.25) is 0 Å². The highest BCUT2D eigenvalue weighted by atomic mass is 32.2. The van der Waals surface area contributed by atoms with Crippen molar-refractivity contribution in [1.82, 2.24) is 5.32 Å². The Kier molecular flexibility index (Phi) is 5.25. The molecule has 0 aliphatic heterocycles. The summed E-state index contributed by atoms with van der Waals surface area (Å²) < 4.78 is 23.1. The monoisotopic (exact) mass is 247 g/mol. The van der Waals surface area contributed by atoms with Gasteiger partial charge in [-0.25, -0.2) is 8.42 Å². The molecular weight excluding hydrogens is 222 g/mol. The van der Waals surface area contributed by atoms with Crippen molar-refractivity contribution in [2.24, 2.45) is 11.8 Å². The van der Waals surface area contributed by atoms with Crippen molar-refractivity contribution in [2.45, 2.75) is 45.3 Å². The molecule has 1 aliphatic carbocycles. The van der Waals surface area contributed by atoms with E-state index in [0.717, 1.165) is 18.4 Å². The highest BCUT2D eigenvalue weighted by molar-refractivity contribution is 7.92. The summed E-state index contributed by atoms with van der Waals surface area (Å²) in [4.78, 5) is 0. The van der Waals surface area contributed by atoms with Gasteiger partial charge in [0.05, 0.1) is 11.0 Å². The standard InChI is InChI=1S/C12H25NO2S/c1-10(2)16(14,15)7-6-13-9-12-5-4-11(3)8-12/h10-13H,4-9H2,1-3H3. The molecule has 3 nitrogen and oxygen atoms in total. The van der Waals surface area contributed by atoms with Gasteiger partial charge >= 0.3 is 0 Å². The van der Waals surface area contributed by atoms with E-state index in [1.807, 2.05) is 0 Å². The number of sulfone groups is 1. The fourth-order valence-corrected chi connectivity index (χ4v) is 3.17. The summed E-state index contributed by atoms with van der Waals surface area (Å²) in [6, 6.07) is 0. The van der Waals surface area contributed by atoms with Crippen LogP contribution in [0, 0.1) is 11.8 Å². The molecule has 1 fully saturated rings. The molecule has 0 spiro atoms. The molecule has 4 heteroatoms. The van der Waals surface area contributed by atoms with Gasteiger partial charge in [-0.3, -0.25) is 0 Å². The lowest BCUT2D eigenvalue weighted by molar-refractivity contribution is 0.477. The lowest BCUT2D eigenvalue weighted by Crippen LogP contribution is -2.30. The number of rotatable bonds is 6. The molecule has 1 aliphatic rings. The summed E-state index contributed by atoms with van der Waals surface area (Å²) in [5.74, 6) is 1.88. The minimum atomic E-state index is -2.87. The molecule has 0 heterocycles. The molecule has 2 atom stereocenters. The van der Waals surface area contributed by atoms with Crippen molar-refractivity contribution in [3.8, 4) is 0 Å². The van der Waals surface area contributed by atoms with Gasteiger partial charge in [0.1, 0.15) is 0 Å². The molecule has 0 aromatic heterocycles. The van der Waals surface area contributed by atoms with Crippen molar-refractivity contribution in [2.75, 3.05) is 18.8 Å². The molecular formula is C12H25NO2S. The summed E-state index contributed by atoms with van der Waals surface area (Å²) in [7, 11) is -2.87. The van der Waals surface area contributed by atoms with Crippen molar-refractivity contribution in [1.29, 1.82) is 0 Å². The van der Waals surface area contributed by atoms with E-state index in [1.54, 1.807) is 13.8 Å². The summed E-state index contributed by atoms with van der Waals surface area (Å²) in [5.41, 5.74) is 0. The van der Waals surface area contributed by atoms with Gasteiger partial charge in [-0.2, -0.15) is 0 Å². The van der Waals surface area contributed by atoms with Gasteiger partial charge < -0.3 is 5.32 Å². The van der Waals surface area contributed by atoms with Crippen LogP contribution in [0.25, 0.3) is 0 Å². The maximum atomic E-state index is 11.5. The Morgan fingerprint density at radius 2 is 2.00 bits per heavy atom. The molecule has 0 radical (unpaired) electrons. The van der Waals surface area contributed by atoms with Crippen LogP contribution in [0.1, 0.15) is 40.0 Å². The van der Waals surface area contributed by atoms with Crippen LogP contribution in [0.4, 0.5) is 0 Å². The van der Waals surface area contributed by atoms with Crippen molar-refractivity contribution >= 4 is 9.84 Å². The summed E-state index contributed by atoms with van der Waals surface area (Å²) in [6.45, 7) is 7.37. The van der Waals surface area contributed by atoms with Gasteiger partial charge in [0, 0.05) is 6.54 Å². The second-order valence-corrected chi connectivity index (χ2v) is 8.08. The highest BCUT2D eigenvalue weighted by Crippen LogP contribution is 2.29. The topological polar surface area (TPSA) is 46.2 Å². The first-order valence-corrected chi connectivity index (χ1v) is 8.05. The molecule has 1 N–H and O–H groups in total. The van der Waals surface area contributed by atoms with Crippen LogP contribution in [-0.4, -0.2) is 32.5 Å². The third kappa shape index (κ3) is 4.42. The minimum absolute atomic E-state index is 0.249. The van der Waals surface area contributed by atoms with Crippen LogP contribution in [-0.2, 0) is 9.84 Å². The zero-order valence-corrected chi connectivity index (χ0v) is 11.5. The number of hydrogen-bond donors (Lipinski definition) is 1. The lowest BCUT2D eigenvalue weighted by atomic mass is 10.1. The average Bonchev–Trinajstić information content (AvgIpc) is 2.59. The van der Waals surface area contributed by atoms with Gasteiger partial charge in [0.25, 0.3) is 0 Å². The summed E-state index contributed by atoms with van der Waals surface area (Å²) in [6.07, 6.45) is 3.92. The molecule has 0 aromatic carbocycles. The smallest absolute Gasteiger partial charge is 0.153 e. The van der Waals surface area contributed by atoms with E-state index in [-0.39, 0.29) is 11.0 Å². The minimum Gasteiger partial charge on any atom is -0.315 e. The van der Waals surface area contributed by atoms with Crippen molar-refractivity contribution in [3.63, 3.8) is 0 Å². The third-order valence-electron chi connectivity index (χ3n) is 3.52. The Balaban J connectivity index is 2.13. The zero-order valence-electron chi connectivity index (χ0n) is 10.7. The molecule has 96 valence electrons. The summed E-state index contributed by atoms with van der Waals surface area (Å²) in [5, 5.41) is 3.03. The quantitative estimate of drug-likeness (QED) is 0.728. The molecule has 1 saturated carbocycles. The van der Waals surface area contributed by atoms with Gasteiger partial charge in [-0.1, -0.05) is 13.3 Å². The Morgan fingerprint density at radius 3 is 2.50 bits per heavy atom. The van der Waals surface area contributed by atoms with Crippen LogP contribution >= 0.6 is 0 Å². The largest absolute Gasteiger partial charge is 0.315 e. The maximum absolute atomic E-state index is 11.5. The van der Waals surface area contributed by atoms with Gasteiger partial charge in [0.2, 0.25) is 0 Å². The first-order chi connectivity index (χ1) is 7.42. The first kappa shape index (κ1) is 14.0. The molecule has 0 amide bonds. The van der Waals surface area contributed by atoms with Crippen LogP contribution < -0.4 is 5.32 Å². The van der Waals surface area contributed by atoms with E-state index < -0.39 is 9.84 Å². The van der Waals surface area contributed by atoms with Gasteiger partial charge in [0.15, 0.2) is 9.84 Å². The lowest BCUT2D eigenvalue weighted by Gasteiger charge is -2.12. The zero-order chi connectivity index (χ0) is 12.2. The van der Waals surface area contributed by atoms with Crippen LogP contribution in [0.5, 0.6) is 0 Å². The Bertz CT molecular complexity index is 298. The summed E-state index contributed by atoms with van der Waals surface area (Å²) >= 11 is 0. The molecule has 16 heavy (non-hydrogen) atoms. The van der Waals surface area contributed by atoms with E-state index in [1.165, 1.54) is 19.3 Å². The van der Waals surface area contributed by atoms with Crippen molar-refractivity contribution in [3.05, 3.63) is 0 Å². The van der Waals surface area contributed by atoms with Gasteiger partial charge in [-0.05, 0) is 45.1 Å². The molecule has 0 saturated heterocycles. The second kappa shape index (κ2) is 6.01. The Hall–Kier alpha value is -0.0900. The average molecular weight is 247 g/mol. The highest BCUT2D eigenvalue weighted by Gasteiger charge is 2.21. The second-order valence-electron chi connectivity index (χ2n) is 5.40. The predicted molar refractivity (Wildman–Crippen MR) is 68.3 cm³/mol. The van der Waals surface area contributed by atoms with E-state index in [2.05, 4.69) is 12.2 Å². The molecule has 0 bridgehead atoms. The third-order valence-corrected chi connectivity index (χ3v) is 5.73. The number of nitrogens with one attached hydrogen (secondary N) is 1. The SMILES string of the molecule is CC1CCC(CNCCS(=O)(=O)C(C)C)C1. The van der Waals surface area contributed by atoms with E-state index in [0.29, 0.717) is 6.54 Å². The van der Waals surface area contributed by atoms with Gasteiger partial charge in [-0.15, -0.1) is 0 Å². The van der Waals surface area contributed by atoms with Crippen molar-refractivity contribution < 1.29 is 8.42 Å². The molecule has 1 rings (SSSR count). The fraction of sp³-hybridized carbons (Fsp3) is 1.00. The van der Waals surface area contributed by atoms with E-state index >= 15 is 0 Å². The Morgan fingerprint density at radius 1 is 1.31 bits per heavy atom. The first-order valence-electron chi connectivity index (χ1n) is 6.34. The van der Waals surface area contributed by atoms with E-state index in [4.69, 9.17) is 0 Å². The van der Waals surface area contributed by atoms with Crippen LogP contribution in [0.15, 0.2) is 0 Å². The van der Waals surface area contributed by atoms with E-state index in [9.17, 15) is 8.42 Å². The Labute approximate surface area is 99.9 Å². The predicted octanol–water partition coefficient (Wildman–Crippen LogP) is 1.84. The normalized spacial score (nSPS) is 26.5. The maximum Gasteiger partial charge on any atom is 0.153 e. The number of hydrogen-bond acceptors (Lipinski definition) is 3. The fourth-order valence-electron chi connectivity index (χ4n) is 2.27. The molecule has 0 aromatic rings.